The standard InChI is InChI=1S/C5HCl2N3S.C5H3N3O2S.C5H6N2O2S/c6-3-2-4(8-1-11-2)10-5(7)9-3;9-4-2-3(6-1-11-2)7-5(10)8-4;1-9-5(8)3-4(6)7-2-10-3/h1H;1H,(H2,7,8,9,10);2H,6H2,1H3. The summed E-state index contributed by atoms with van der Waals surface area (Å²) < 4.78 is 5.65. The average Bonchev–Trinajstić information content (AvgIpc) is 3.49. The van der Waals surface area contributed by atoms with Crippen LogP contribution < -0.4 is 17.0 Å². The Morgan fingerprint density at radius 3 is 2.38 bits per heavy atom. The summed E-state index contributed by atoms with van der Waals surface area (Å²) in [5, 5.41) is 0.496. The van der Waals surface area contributed by atoms with Crippen molar-refractivity contribution in [2.45, 2.75) is 0 Å². The lowest BCUT2D eigenvalue weighted by Gasteiger charge is -1.92. The minimum atomic E-state index is -0.520. The van der Waals surface area contributed by atoms with E-state index in [1.807, 2.05) is 0 Å². The molecule has 0 aliphatic rings. The normalized spacial score (nSPS) is 10.2. The minimum absolute atomic E-state index is 0.133. The number of ether oxygens (including phenoxy) is 1. The van der Waals surface area contributed by atoms with E-state index in [-0.39, 0.29) is 16.7 Å². The predicted octanol–water partition coefficient (Wildman–Crippen LogP) is 2.58. The first-order chi connectivity index (χ1) is 15.3. The summed E-state index contributed by atoms with van der Waals surface area (Å²) in [7, 11) is 1.31. The first kappa shape index (κ1) is 23.7. The summed E-state index contributed by atoms with van der Waals surface area (Å²) in [6.07, 6.45) is 0. The van der Waals surface area contributed by atoms with Gasteiger partial charge in [-0.05, 0) is 11.6 Å². The van der Waals surface area contributed by atoms with E-state index in [0.717, 1.165) is 4.70 Å². The maximum Gasteiger partial charge on any atom is 0.351 e. The lowest BCUT2D eigenvalue weighted by Crippen LogP contribution is -2.20. The van der Waals surface area contributed by atoms with Crippen LogP contribution in [0.2, 0.25) is 10.4 Å². The van der Waals surface area contributed by atoms with Crippen molar-refractivity contribution in [3.63, 3.8) is 0 Å². The fourth-order valence-corrected chi connectivity index (χ4v) is 4.37. The number of nitrogens with zero attached hydrogens (tertiary/aromatic N) is 5. The Bertz CT molecular complexity index is 1490. The van der Waals surface area contributed by atoms with Crippen molar-refractivity contribution in [1.29, 1.82) is 0 Å². The van der Waals surface area contributed by atoms with Crippen LogP contribution in [0.25, 0.3) is 20.7 Å². The van der Waals surface area contributed by atoms with E-state index < -0.39 is 11.7 Å². The van der Waals surface area contributed by atoms with Gasteiger partial charge in [-0.15, -0.1) is 34.0 Å². The topological polar surface area (TPSA) is 182 Å². The van der Waals surface area contributed by atoms with Gasteiger partial charge in [-0.25, -0.2) is 29.5 Å². The van der Waals surface area contributed by atoms with Crippen molar-refractivity contribution in [2.75, 3.05) is 12.8 Å². The lowest BCUT2D eigenvalue weighted by molar-refractivity contribution is 0.0607. The number of aromatic nitrogens is 7. The van der Waals surface area contributed by atoms with Crippen molar-refractivity contribution in [3.05, 3.63) is 52.7 Å². The van der Waals surface area contributed by atoms with Gasteiger partial charge in [0.05, 0.1) is 23.6 Å². The van der Waals surface area contributed by atoms with E-state index >= 15 is 0 Å². The molecule has 5 aromatic rings. The van der Waals surface area contributed by atoms with Crippen LogP contribution in [0.15, 0.2) is 26.1 Å². The molecule has 166 valence electrons. The molecule has 0 aliphatic heterocycles. The number of carbonyl (C=O) groups excluding carboxylic acids is 1. The van der Waals surface area contributed by atoms with Gasteiger partial charge in [0.2, 0.25) is 5.28 Å². The zero-order valence-electron chi connectivity index (χ0n) is 15.7. The maximum absolute atomic E-state index is 11.0. The van der Waals surface area contributed by atoms with Gasteiger partial charge >= 0.3 is 11.7 Å². The molecule has 0 aliphatic carbocycles. The van der Waals surface area contributed by atoms with Crippen LogP contribution >= 0.6 is 57.2 Å². The Morgan fingerprint density at radius 2 is 1.69 bits per heavy atom. The molecule has 0 fully saturated rings. The Balaban J connectivity index is 0.000000136. The second kappa shape index (κ2) is 10.6. The van der Waals surface area contributed by atoms with E-state index in [9.17, 15) is 14.4 Å². The van der Waals surface area contributed by atoms with Gasteiger partial charge in [-0.2, -0.15) is 4.98 Å². The molecule has 0 aromatic carbocycles. The fraction of sp³-hybridized carbons (Fsp3) is 0.0667. The number of rotatable bonds is 1. The van der Waals surface area contributed by atoms with Crippen LogP contribution in [-0.4, -0.2) is 48.0 Å². The molecule has 0 saturated carbocycles. The number of aromatic amines is 2. The van der Waals surface area contributed by atoms with Crippen LogP contribution in [0.1, 0.15) is 9.67 Å². The Labute approximate surface area is 199 Å². The molecule has 0 unspecified atom stereocenters. The molecule has 0 atom stereocenters. The summed E-state index contributed by atoms with van der Waals surface area (Å²) in [5.41, 5.74) is 9.98. The molecule has 32 heavy (non-hydrogen) atoms. The van der Waals surface area contributed by atoms with Crippen LogP contribution in [0.3, 0.4) is 0 Å². The number of halogens is 2. The van der Waals surface area contributed by atoms with Crippen LogP contribution in [-0.2, 0) is 4.74 Å². The summed E-state index contributed by atoms with van der Waals surface area (Å²) in [6, 6.07) is 0. The maximum atomic E-state index is 11.0. The first-order valence-electron chi connectivity index (χ1n) is 8.05. The van der Waals surface area contributed by atoms with Gasteiger partial charge in [0.15, 0.2) is 21.3 Å². The molecule has 4 N–H and O–H groups in total. The number of carbonyl (C=O) groups is 1. The third kappa shape index (κ3) is 5.63. The summed E-state index contributed by atoms with van der Waals surface area (Å²) in [5.74, 6) is -0.197. The number of methoxy groups -OCH3 is 1. The van der Waals surface area contributed by atoms with E-state index in [1.165, 1.54) is 52.1 Å². The van der Waals surface area contributed by atoms with Crippen molar-refractivity contribution in [3.8, 4) is 0 Å². The highest BCUT2D eigenvalue weighted by Gasteiger charge is 2.11. The molecule has 5 aromatic heterocycles. The van der Waals surface area contributed by atoms with E-state index in [1.54, 1.807) is 5.51 Å². The van der Waals surface area contributed by atoms with Crippen molar-refractivity contribution < 1.29 is 9.53 Å². The molecule has 0 radical (unpaired) electrons. The molecule has 5 heterocycles. The largest absolute Gasteiger partial charge is 0.465 e. The number of nitrogen functional groups attached to an aromatic ring is 1. The lowest BCUT2D eigenvalue weighted by atomic mass is 10.5. The van der Waals surface area contributed by atoms with E-state index in [2.05, 4.69) is 39.6 Å². The molecule has 0 bridgehead atoms. The number of thiazole rings is 3. The smallest absolute Gasteiger partial charge is 0.351 e. The minimum Gasteiger partial charge on any atom is -0.465 e. The molecule has 0 amide bonds. The monoisotopic (exact) mass is 532 g/mol. The van der Waals surface area contributed by atoms with Gasteiger partial charge < -0.3 is 10.5 Å². The summed E-state index contributed by atoms with van der Waals surface area (Å²) in [4.78, 5) is 56.3. The van der Waals surface area contributed by atoms with Gasteiger partial charge in [0, 0.05) is 0 Å². The summed E-state index contributed by atoms with van der Waals surface area (Å²) >= 11 is 15.0. The third-order valence-electron chi connectivity index (χ3n) is 3.32. The highest BCUT2D eigenvalue weighted by atomic mass is 35.5. The molecule has 0 saturated heterocycles. The molecule has 0 spiro atoms. The van der Waals surface area contributed by atoms with Gasteiger partial charge in [-0.1, -0.05) is 11.6 Å². The third-order valence-corrected chi connectivity index (χ3v) is 6.35. The van der Waals surface area contributed by atoms with Crippen LogP contribution in [0.4, 0.5) is 5.82 Å². The SMILES string of the molecule is COC(=O)c1scnc1N.Clc1nc(Cl)c2scnc2n1.O=c1[nH]c(=O)c2scnc2[nH]1. The van der Waals surface area contributed by atoms with Gasteiger partial charge in [0.25, 0.3) is 5.56 Å². The highest BCUT2D eigenvalue weighted by Crippen LogP contribution is 2.24. The Morgan fingerprint density at radius 1 is 1.00 bits per heavy atom. The van der Waals surface area contributed by atoms with E-state index in [0.29, 0.717) is 26.0 Å². The number of esters is 1. The second-order valence-corrected chi connectivity index (χ2v) is 8.55. The van der Waals surface area contributed by atoms with Crippen molar-refractivity contribution in [1.82, 2.24) is 34.9 Å². The molecular formula is C15H10Cl2N8O4S3. The number of H-pyrrole nitrogens is 2. The zero-order valence-corrected chi connectivity index (χ0v) is 19.6. The first-order valence-corrected chi connectivity index (χ1v) is 11.4. The fourth-order valence-electron chi connectivity index (χ4n) is 2.00. The summed E-state index contributed by atoms with van der Waals surface area (Å²) in [6.45, 7) is 0. The van der Waals surface area contributed by atoms with Crippen LogP contribution in [0, 0.1) is 0 Å². The number of hydrogen-bond donors (Lipinski definition) is 3. The van der Waals surface area contributed by atoms with Crippen molar-refractivity contribution >= 4 is 89.7 Å². The number of nitrogens with one attached hydrogen (secondary N) is 2. The van der Waals surface area contributed by atoms with Gasteiger partial charge in [0.1, 0.15) is 15.2 Å². The molecular weight excluding hydrogens is 523 g/mol. The Hall–Kier alpha value is -2.98. The molecule has 12 nitrogen and oxygen atoms in total. The number of fused-ring (bicyclic) bond motifs is 2. The zero-order chi connectivity index (χ0) is 23.3. The number of anilines is 1. The second-order valence-electron chi connectivity index (χ2n) is 5.29. The number of hydrogen-bond acceptors (Lipinski definition) is 13. The molecule has 5 rings (SSSR count). The predicted molar refractivity (Wildman–Crippen MR) is 124 cm³/mol. The van der Waals surface area contributed by atoms with Crippen molar-refractivity contribution in [2.24, 2.45) is 0 Å². The number of nitrogens with two attached hydrogens (primary N) is 1. The highest BCUT2D eigenvalue weighted by molar-refractivity contribution is 7.17. The van der Waals surface area contributed by atoms with E-state index in [4.69, 9.17) is 28.9 Å². The van der Waals surface area contributed by atoms with Crippen LogP contribution in [0.5, 0.6) is 0 Å². The Kier molecular flexibility index (Phi) is 7.81. The quantitative estimate of drug-likeness (QED) is 0.164. The van der Waals surface area contributed by atoms with Gasteiger partial charge in [-0.3, -0.25) is 14.8 Å². The average molecular weight is 533 g/mol. The molecule has 17 heteroatoms.